The number of unbranched alkanes of at least 4 members (excludes halogenated alkanes) is 5. The van der Waals surface area contributed by atoms with E-state index in [9.17, 15) is 0 Å². The lowest BCUT2D eigenvalue weighted by molar-refractivity contribution is -0.724. The van der Waals surface area contributed by atoms with Gasteiger partial charge in [-0.3, -0.25) is 0 Å². The summed E-state index contributed by atoms with van der Waals surface area (Å²) in [6.45, 7) is 4.57. The largest absolute Gasteiger partial charge is 0.202 e. The summed E-state index contributed by atoms with van der Waals surface area (Å²) in [5, 5.41) is 0. The minimum absolute atomic E-state index is 0.717. The third-order valence-corrected chi connectivity index (χ3v) is 3.69. The fourth-order valence-electron chi connectivity index (χ4n) is 2.53. The van der Waals surface area contributed by atoms with Gasteiger partial charge in [-0.1, -0.05) is 52.0 Å². The summed E-state index contributed by atoms with van der Waals surface area (Å²) in [6, 6.07) is 7.13. The zero-order chi connectivity index (χ0) is 13.1. The summed E-state index contributed by atoms with van der Waals surface area (Å²) in [5.41, 5.74) is 0. The molecule has 1 atom stereocenters. The molecule has 1 nitrogen and oxygen atoms in total. The SMILES string of the molecule is CCCCCCC(CCCCC)[n+]1ccccc1. The third-order valence-electron chi connectivity index (χ3n) is 3.69. The molecule has 0 spiro atoms. The van der Waals surface area contributed by atoms with Crippen molar-refractivity contribution in [3.05, 3.63) is 30.6 Å². The van der Waals surface area contributed by atoms with Crippen molar-refractivity contribution in [3.8, 4) is 0 Å². The number of nitrogens with zero attached hydrogens (tertiary/aromatic N) is 1. The smallest absolute Gasteiger partial charge is 0.169 e. The quantitative estimate of drug-likeness (QED) is 0.402. The van der Waals surface area contributed by atoms with Crippen LogP contribution in [-0.2, 0) is 0 Å². The monoisotopic (exact) mass is 248 g/mol. The maximum atomic E-state index is 2.42. The molecule has 0 aliphatic carbocycles. The van der Waals surface area contributed by atoms with Crippen LogP contribution in [0.2, 0.25) is 0 Å². The van der Waals surface area contributed by atoms with Crippen molar-refractivity contribution in [1.29, 1.82) is 0 Å². The predicted octanol–water partition coefficient (Wildman–Crippen LogP) is 5.07. The molecular weight excluding hydrogens is 218 g/mol. The van der Waals surface area contributed by atoms with E-state index in [2.05, 4.69) is 49.0 Å². The number of hydrogen-bond acceptors (Lipinski definition) is 0. The fourth-order valence-corrected chi connectivity index (χ4v) is 2.53. The highest BCUT2D eigenvalue weighted by Crippen LogP contribution is 2.17. The van der Waals surface area contributed by atoms with Gasteiger partial charge in [-0.05, 0) is 12.8 Å². The van der Waals surface area contributed by atoms with Gasteiger partial charge in [0, 0.05) is 25.0 Å². The molecule has 0 amide bonds. The molecule has 0 aromatic carbocycles. The molecule has 0 N–H and O–H groups in total. The molecule has 0 bridgehead atoms. The van der Waals surface area contributed by atoms with E-state index in [-0.39, 0.29) is 0 Å². The van der Waals surface area contributed by atoms with E-state index >= 15 is 0 Å². The Morgan fingerprint density at radius 2 is 1.28 bits per heavy atom. The number of pyridine rings is 1. The van der Waals surface area contributed by atoms with E-state index in [1.807, 2.05) is 0 Å². The topological polar surface area (TPSA) is 3.88 Å². The molecule has 0 aliphatic rings. The van der Waals surface area contributed by atoms with E-state index in [1.165, 1.54) is 57.8 Å². The first kappa shape index (κ1) is 15.2. The first-order valence-corrected chi connectivity index (χ1v) is 7.84. The van der Waals surface area contributed by atoms with E-state index in [4.69, 9.17) is 0 Å². The van der Waals surface area contributed by atoms with E-state index in [1.54, 1.807) is 0 Å². The zero-order valence-corrected chi connectivity index (χ0v) is 12.3. The van der Waals surface area contributed by atoms with Gasteiger partial charge in [-0.2, -0.15) is 0 Å². The Kier molecular flexibility index (Phi) is 8.54. The van der Waals surface area contributed by atoms with Crippen LogP contribution in [0.25, 0.3) is 0 Å². The maximum Gasteiger partial charge on any atom is 0.169 e. The summed E-state index contributed by atoms with van der Waals surface area (Å²) >= 11 is 0. The van der Waals surface area contributed by atoms with Crippen LogP contribution in [0.3, 0.4) is 0 Å². The van der Waals surface area contributed by atoms with Crippen LogP contribution in [-0.4, -0.2) is 0 Å². The first-order valence-electron chi connectivity index (χ1n) is 7.84. The summed E-state index contributed by atoms with van der Waals surface area (Å²) in [6.07, 6.45) is 16.7. The Morgan fingerprint density at radius 3 is 1.89 bits per heavy atom. The van der Waals surface area contributed by atoms with Crippen LogP contribution in [0.15, 0.2) is 30.6 Å². The normalized spacial score (nSPS) is 12.6. The van der Waals surface area contributed by atoms with Gasteiger partial charge in [0.25, 0.3) is 0 Å². The van der Waals surface area contributed by atoms with Gasteiger partial charge >= 0.3 is 0 Å². The molecule has 1 unspecified atom stereocenters. The van der Waals surface area contributed by atoms with Gasteiger partial charge in [0.1, 0.15) is 0 Å². The molecule has 18 heavy (non-hydrogen) atoms. The second-order valence-electron chi connectivity index (χ2n) is 5.32. The lowest BCUT2D eigenvalue weighted by Crippen LogP contribution is -2.38. The van der Waals surface area contributed by atoms with E-state index in [0.717, 1.165) is 6.04 Å². The predicted molar refractivity (Wildman–Crippen MR) is 78.6 cm³/mol. The highest BCUT2D eigenvalue weighted by Gasteiger charge is 2.16. The molecule has 0 saturated carbocycles. The van der Waals surface area contributed by atoms with Crippen molar-refractivity contribution in [3.63, 3.8) is 0 Å². The lowest BCUT2D eigenvalue weighted by atomic mass is 10.0. The Labute approximate surface area is 113 Å². The van der Waals surface area contributed by atoms with Crippen molar-refractivity contribution in [2.75, 3.05) is 0 Å². The summed E-state index contributed by atoms with van der Waals surface area (Å²) in [5.74, 6) is 0. The average Bonchev–Trinajstić information content (AvgIpc) is 2.42. The third kappa shape index (κ3) is 6.18. The molecule has 1 heteroatoms. The molecule has 0 aliphatic heterocycles. The van der Waals surface area contributed by atoms with Crippen molar-refractivity contribution < 1.29 is 4.57 Å². The molecule has 1 aromatic heterocycles. The second kappa shape index (κ2) is 10.1. The molecular formula is C17H30N+. The molecule has 0 saturated heterocycles. The second-order valence-corrected chi connectivity index (χ2v) is 5.32. The average molecular weight is 248 g/mol. The summed E-state index contributed by atoms with van der Waals surface area (Å²) < 4.78 is 2.42. The van der Waals surface area contributed by atoms with Crippen LogP contribution in [0.1, 0.15) is 77.7 Å². The Bertz CT molecular complexity index is 281. The fraction of sp³-hybridized carbons (Fsp3) is 0.706. The molecule has 1 rings (SSSR count). The molecule has 102 valence electrons. The van der Waals surface area contributed by atoms with Crippen LogP contribution in [0.4, 0.5) is 0 Å². The highest BCUT2D eigenvalue weighted by atomic mass is 15.0. The Balaban J connectivity index is 2.42. The maximum absolute atomic E-state index is 2.42. The van der Waals surface area contributed by atoms with Gasteiger partial charge < -0.3 is 0 Å². The van der Waals surface area contributed by atoms with Gasteiger partial charge in [0.2, 0.25) is 0 Å². The van der Waals surface area contributed by atoms with E-state index < -0.39 is 0 Å². The van der Waals surface area contributed by atoms with Crippen molar-refractivity contribution in [2.24, 2.45) is 0 Å². The Hall–Kier alpha value is -0.850. The molecule has 1 aromatic rings. The minimum Gasteiger partial charge on any atom is -0.202 e. The summed E-state index contributed by atoms with van der Waals surface area (Å²) in [4.78, 5) is 0. The summed E-state index contributed by atoms with van der Waals surface area (Å²) in [7, 11) is 0. The van der Waals surface area contributed by atoms with Crippen molar-refractivity contribution in [2.45, 2.75) is 77.7 Å². The molecule has 0 radical (unpaired) electrons. The lowest BCUT2D eigenvalue weighted by Gasteiger charge is -2.12. The minimum atomic E-state index is 0.717. The van der Waals surface area contributed by atoms with Gasteiger partial charge in [-0.15, -0.1) is 0 Å². The highest BCUT2D eigenvalue weighted by molar-refractivity contribution is 4.84. The van der Waals surface area contributed by atoms with Crippen molar-refractivity contribution >= 4 is 0 Å². The van der Waals surface area contributed by atoms with Gasteiger partial charge in [-0.25, -0.2) is 4.57 Å². The number of hydrogen-bond donors (Lipinski definition) is 0. The van der Waals surface area contributed by atoms with Gasteiger partial charge in [0.15, 0.2) is 18.4 Å². The number of aromatic nitrogens is 1. The molecule has 0 fully saturated rings. The van der Waals surface area contributed by atoms with Gasteiger partial charge in [0.05, 0.1) is 0 Å². The van der Waals surface area contributed by atoms with Crippen LogP contribution < -0.4 is 4.57 Å². The van der Waals surface area contributed by atoms with Crippen LogP contribution >= 0.6 is 0 Å². The standard InChI is InChI=1S/C17H30N/c1-3-5-7-10-14-17(13-9-6-4-2)18-15-11-8-12-16-18/h8,11-12,15-17H,3-7,9-10,13-14H2,1-2H3/q+1. The van der Waals surface area contributed by atoms with Crippen LogP contribution in [0.5, 0.6) is 0 Å². The van der Waals surface area contributed by atoms with Crippen molar-refractivity contribution in [1.82, 2.24) is 0 Å². The number of rotatable bonds is 10. The van der Waals surface area contributed by atoms with Crippen LogP contribution in [0, 0.1) is 0 Å². The zero-order valence-electron chi connectivity index (χ0n) is 12.3. The van der Waals surface area contributed by atoms with E-state index in [0.29, 0.717) is 0 Å². The molecule has 1 heterocycles. The first-order chi connectivity index (χ1) is 8.88. The Morgan fingerprint density at radius 1 is 0.722 bits per heavy atom.